The summed E-state index contributed by atoms with van der Waals surface area (Å²) in [5.74, 6) is -0.764. The number of amides is 1. The topological polar surface area (TPSA) is 95.1 Å². The molecule has 3 N–H and O–H groups in total. The number of pyridine rings is 2. The highest BCUT2D eigenvalue weighted by Crippen LogP contribution is 2.20. The summed E-state index contributed by atoms with van der Waals surface area (Å²) in [6.45, 7) is 2.08. The Morgan fingerprint density at radius 2 is 2.32 bits per heavy atom. The highest BCUT2D eigenvalue weighted by molar-refractivity contribution is 5.96. The van der Waals surface area contributed by atoms with Crippen molar-refractivity contribution in [3.8, 4) is 5.75 Å². The van der Waals surface area contributed by atoms with Crippen LogP contribution in [0.4, 0.5) is 0 Å². The Bertz CT molecular complexity index is 683. The fourth-order valence-corrected chi connectivity index (χ4v) is 2.19. The third kappa shape index (κ3) is 3.94. The number of hydrogen-bond donors (Lipinski definition) is 3. The predicted octanol–water partition coefficient (Wildman–Crippen LogP) is 2.14. The predicted molar refractivity (Wildman–Crippen MR) is 82.7 cm³/mol. The number of aromatic hydroxyl groups is 1. The molecule has 0 aliphatic heterocycles. The van der Waals surface area contributed by atoms with Crippen LogP contribution in [0.5, 0.6) is 5.75 Å². The Morgan fingerprint density at radius 3 is 2.95 bits per heavy atom. The first-order chi connectivity index (χ1) is 10.6. The first-order valence-corrected chi connectivity index (χ1v) is 7.24. The summed E-state index contributed by atoms with van der Waals surface area (Å²) in [6, 6.07) is 4.52. The lowest BCUT2D eigenvalue weighted by Crippen LogP contribution is -2.29. The van der Waals surface area contributed by atoms with E-state index in [2.05, 4.69) is 22.2 Å². The zero-order valence-electron chi connectivity index (χ0n) is 12.4. The van der Waals surface area contributed by atoms with Gasteiger partial charge < -0.3 is 15.4 Å². The van der Waals surface area contributed by atoms with E-state index in [0.717, 1.165) is 30.9 Å². The quantitative estimate of drug-likeness (QED) is 0.761. The van der Waals surface area contributed by atoms with Gasteiger partial charge in [0, 0.05) is 24.7 Å². The number of unbranched alkanes of at least 4 members (excludes halogenated alkanes) is 1. The Kier molecular flexibility index (Phi) is 5.30. The normalized spacial score (nSPS) is 11.9. The maximum absolute atomic E-state index is 12.3. The van der Waals surface area contributed by atoms with E-state index in [9.17, 15) is 14.7 Å². The zero-order chi connectivity index (χ0) is 15.9. The van der Waals surface area contributed by atoms with Crippen LogP contribution in [-0.4, -0.2) is 21.0 Å². The van der Waals surface area contributed by atoms with Gasteiger partial charge in [0.2, 0.25) is 0 Å². The minimum atomic E-state index is -0.455. The van der Waals surface area contributed by atoms with Gasteiger partial charge in [0.05, 0.1) is 11.6 Å². The lowest BCUT2D eigenvalue weighted by molar-refractivity contribution is 0.0931. The molecule has 22 heavy (non-hydrogen) atoms. The Morgan fingerprint density at radius 1 is 1.50 bits per heavy atom. The van der Waals surface area contributed by atoms with Crippen molar-refractivity contribution in [2.24, 2.45) is 0 Å². The van der Waals surface area contributed by atoms with Gasteiger partial charge in [0.25, 0.3) is 11.5 Å². The second-order valence-electron chi connectivity index (χ2n) is 5.05. The van der Waals surface area contributed by atoms with Crippen LogP contribution in [0.1, 0.15) is 48.1 Å². The fourth-order valence-electron chi connectivity index (χ4n) is 2.19. The van der Waals surface area contributed by atoms with Gasteiger partial charge in [-0.15, -0.1) is 0 Å². The molecule has 1 unspecified atom stereocenters. The van der Waals surface area contributed by atoms with E-state index in [-0.39, 0.29) is 17.4 Å². The fraction of sp³-hybridized carbons (Fsp3) is 0.312. The standard InChI is InChI=1S/C16H19N3O3/c1-2-3-6-13(11-5-4-7-17-9-11)19-16(22)12-10-18-15(21)8-14(12)20/h4-5,7-10,13H,2-3,6H2,1H3,(H,19,22)(H2,18,20,21). The van der Waals surface area contributed by atoms with Crippen LogP contribution in [0.15, 0.2) is 41.6 Å². The van der Waals surface area contributed by atoms with Crippen LogP contribution >= 0.6 is 0 Å². The van der Waals surface area contributed by atoms with Crippen LogP contribution in [0.2, 0.25) is 0 Å². The largest absolute Gasteiger partial charge is 0.507 e. The number of rotatable bonds is 6. The van der Waals surface area contributed by atoms with E-state index < -0.39 is 11.5 Å². The average Bonchev–Trinajstić information content (AvgIpc) is 2.52. The molecule has 0 saturated carbocycles. The zero-order valence-corrected chi connectivity index (χ0v) is 12.4. The van der Waals surface area contributed by atoms with Gasteiger partial charge in [0.1, 0.15) is 5.75 Å². The van der Waals surface area contributed by atoms with E-state index in [1.165, 1.54) is 6.20 Å². The molecule has 1 amide bonds. The van der Waals surface area contributed by atoms with Gasteiger partial charge in [-0.2, -0.15) is 0 Å². The Hall–Kier alpha value is -2.63. The summed E-state index contributed by atoms with van der Waals surface area (Å²) in [5.41, 5.74) is 0.502. The van der Waals surface area contributed by atoms with Crippen molar-refractivity contribution in [2.45, 2.75) is 32.2 Å². The van der Waals surface area contributed by atoms with Crippen molar-refractivity contribution in [3.05, 3.63) is 58.3 Å². The van der Waals surface area contributed by atoms with E-state index >= 15 is 0 Å². The van der Waals surface area contributed by atoms with Gasteiger partial charge in [-0.25, -0.2) is 0 Å². The van der Waals surface area contributed by atoms with Crippen LogP contribution in [0.25, 0.3) is 0 Å². The average molecular weight is 301 g/mol. The SMILES string of the molecule is CCCCC(NC(=O)c1c[nH]c(=O)cc1O)c1cccnc1. The second-order valence-corrected chi connectivity index (χ2v) is 5.05. The molecule has 6 heteroatoms. The summed E-state index contributed by atoms with van der Waals surface area (Å²) in [5, 5.41) is 12.6. The molecule has 0 spiro atoms. The molecule has 0 aliphatic carbocycles. The van der Waals surface area contributed by atoms with Crippen molar-refractivity contribution in [1.29, 1.82) is 0 Å². The number of hydrogen-bond acceptors (Lipinski definition) is 4. The Labute approximate surface area is 128 Å². The number of aromatic nitrogens is 2. The smallest absolute Gasteiger partial charge is 0.257 e. The summed E-state index contributed by atoms with van der Waals surface area (Å²) in [6.07, 6.45) is 7.35. The number of nitrogens with zero attached hydrogens (tertiary/aromatic N) is 1. The molecule has 2 heterocycles. The molecule has 6 nitrogen and oxygen atoms in total. The summed E-state index contributed by atoms with van der Waals surface area (Å²) in [4.78, 5) is 29.9. The monoisotopic (exact) mass is 301 g/mol. The molecule has 0 aromatic carbocycles. The molecule has 2 rings (SSSR count). The van der Waals surface area contributed by atoms with Gasteiger partial charge in [-0.3, -0.25) is 14.6 Å². The lowest BCUT2D eigenvalue weighted by atomic mass is 10.0. The second kappa shape index (κ2) is 7.40. The summed E-state index contributed by atoms with van der Waals surface area (Å²) in [7, 11) is 0. The molecular weight excluding hydrogens is 282 g/mol. The molecule has 0 fully saturated rings. The maximum Gasteiger partial charge on any atom is 0.257 e. The van der Waals surface area contributed by atoms with Crippen LogP contribution in [0, 0.1) is 0 Å². The third-order valence-electron chi connectivity index (χ3n) is 3.39. The van der Waals surface area contributed by atoms with Crippen molar-refractivity contribution in [1.82, 2.24) is 15.3 Å². The van der Waals surface area contributed by atoms with Gasteiger partial charge in [0.15, 0.2) is 0 Å². The first kappa shape index (κ1) is 15.8. The van der Waals surface area contributed by atoms with E-state index in [1.54, 1.807) is 12.4 Å². The van der Waals surface area contributed by atoms with E-state index in [0.29, 0.717) is 0 Å². The van der Waals surface area contributed by atoms with Crippen LogP contribution < -0.4 is 10.9 Å². The van der Waals surface area contributed by atoms with Crippen molar-refractivity contribution in [3.63, 3.8) is 0 Å². The summed E-state index contributed by atoms with van der Waals surface area (Å²) < 4.78 is 0. The minimum Gasteiger partial charge on any atom is -0.507 e. The molecule has 1 atom stereocenters. The molecule has 0 radical (unpaired) electrons. The maximum atomic E-state index is 12.3. The minimum absolute atomic E-state index is 0.0463. The highest BCUT2D eigenvalue weighted by Gasteiger charge is 2.18. The molecule has 0 saturated heterocycles. The number of nitrogens with one attached hydrogen (secondary N) is 2. The molecule has 2 aromatic rings. The highest BCUT2D eigenvalue weighted by atomic mass is 16.3. The van der Waals surface area contributed by atoms with Crippen molar-refractivity contribution < 1.29 is 9.90 Å². The number of carbonyl (C=O) groups excluding carboxylic acids is 1. The van der Waals surface area contributed by atoms with Crippen LogP contribution in [-0.2, 0) is 0 Å². The van der Waals surface area contributed by atoms with Crippen molar-refractivity contribution >= 4 is 5.91 Å². The number of aromatic amines is 1. The molecule has 2 aromatic heterocycles. The van der Waals surface area contributed by atoms with Gasteiger partial charge >= 0.3 is 0 Å². The third-order valence-corrected chi connectivity index (χ3v) is 3.39. The van der Waals surface area contributed by atoms with E-state index in [4.69, 9.17) is 0 Å². The number of carbonyl (C=O) groups is 1. The summed E-state index contributed by atoms with van der Waals surface area (Å²) >= 11 is 0. The molecular formula is C16H19N3O3. The van der Waals surface area contributed by atoms with Gasteiger partial charge in [-0.05, 0) is 18.1 Å². The first-order valence-electron chi connectivity index (χ1n) is 7.24. The molecule has 116 valence electrons. The molecule has 0 bridgehead atoms. The lowest BCUT2D eigenvalue weighted by Gasteiger charge is -2.19. The Balaban J connectivity index is 2.19. The van der Waals surface area contributed by atoms with Crippen molar-refractivity contribution in [2.75, 3.05) is 0 Å². The van der Waals surface area contributed by atoms with E-state index in [1.807, 2.05) is 12.1 Å². The molecule has 0 aliphatic rings. The van der Waals surface area contributed by atoms with Gasteiger partial charge in [-0.1, -0.05) is 25.8 Å². The van der Waals surface area contributed by atoms with Crippen LogP contribution in [0.3, 0.4) is 0 Å². The number of H-pyrrole nitrogens is 1.